The van der Waals surface area contributed by atoms with Gasteiger partial charge in [0, 0.05) is 17.7 Å². The molecule has 2 aromatic heterocycles. The zero-order valence-corrected chi connectivity index (χ0v) is 19.4. The minimum absolute atomic E-state index is 0.175. The Kier molecular flexibility index (Phi) is 4.61. The van der Waals surface area contributed by atoms with Gasteiger partial charge in [-0.3, -0.25) is 0 Å². The molecule has 0 amide bonds. The molecule has 1 saturated carbocycles. The lowest BCUT2D eigenvalue weighted by Gasteiger charge is -2.12. The van der Waals surface area contributed by atoms with Crippen LogP contribution in [-0.4, -0.2) is 32.6 Å². The largest absolute Gasteiger partial charge is 0.475 e. The second-order valence-electron chi connectivity index (χ2n) is 9.89. The molecular formula is C28H28N4O. The molecule has 2 aliphatic rings. The maximum Gasteiger partial charge on any atom is 0.217 e. The Morgan fingerprint density at radius 3 is 2.45 bits per heavy atom. The van der Waals surface area contributed by atoms with Crippen molar-refractivity contribution in [3.05, 3.63) is 83.3 Å². The van der Waals surface area contributed by atoms with E-state index in [1.807, 2.05) is 18.3 Å². The van der Waals surface area contributed by atoms with E-state index in [1.165, 1.54) is 29.8 Å². The number of hydrogen-bond acceptors (Lipinski definition) is 4. The molecule has 0 bridgehead atoms. The number of ether oxygens (including phenoxy) is 1. The van der Waals surface area contributed by atoms with E-state index < -0.39 is 0 Å². The minimum atomic E-state index is -0.175. The molecule has 1 aliphatic carbocycles. The van der Waals surface area contributed by atoms with Gasteiger partial charge in [0.25, 0.3) is 0 Å². The molecule has 0 unspecified atom stereocenters. The molecule has 166 valence electrons. The van der Waals surface area contributed by atoms with Crippen molar-refractivity contribution >= 4 is 17.1 Å². The van der Waals surface area contributed by atoms with Crippen LogP contribution in [0.3, 0.4) is 0 Å². The molecule has 4 aromatic rings. The second kappa shape index (κ2) is 7.55. The molecule has 2 aromatic carbocycles. The van der Waals surface area contributed by atoms with Crippen LogP contribution in [-0.2, 0) is 11.3 Å². The number of benzene rings is 2. The molecule has 1 aliphatic heterocycles. The van der Waals surface area contributed by atoms with Crippen LogP contribution < -0.4 is 0 Å². The number of nitrogens with zero attached hydrogens (tertiary/aromatic N) is 4. The van der Waals surface area contributed by atoms with Gasteiger partial charge in [-0.1, -0.05) is 42.5 Å². The lowest BCUT2D eigenvalue weighted by molar-refractivity contribution is 0.279. The topological polar surface area (TPSA) is 52.3 Å². The fourth-order valence-corrected chi connectivity index (χ4v) is 4.58. The first-order valence-corrected chi connectivity index (χ1v) is 11.7. The Bertz CT molecular complexity index is 1380. The van der Waals surface area contributed by atoms with E-state index in [0.29, 0.717) is 12.5 Å². The Hall–Kier alpha value is -3.47. The van der Waals surface area contributed by atoms with Crippen molar-refractivity contribution in [2.24, 2.45) is 4.99 Å². The fraction of sp³-hybridized carbons (Fsp3) is 0.321. The molecule has 3 heterocycles. The van der Waals surface area contributed by atoms with Crippen LogP contribution in [0.15, 0.2) is 65.8 Å². The minimum Gasteiger partial charge on any atom is -0.475 e. The predicted octanol–water partition coefficient (Wildman–Crippen LogP) is 5.89. The molecule has 0 saturated heterocycles. The lowest BCUT2D eigenvalue weighted by atomic mass is 9.98. The summed E-state index contributed by atoms with van der Waals surface area (Å²) in [4.78, 5) is 14.4. The highest BCUT2D eigenvalue weighted by Gasteiger charge is 2.30. The number of pyridine rings is 1. The standard InChI is InChI=1S/C28H28N4O/c1-18-14-15-29-26-24(18)30-25(21-12-13-21)32(26)16-19-8-10-20(11-9-19)22-6-4-5-7-23(22)27-31-28(2,3)17-33-27/h4-11,14-15,21H,12-13,16-17H2,1-3H3. The van der Waals surface area contributed by atoms with Crippen molar-refractivity contribution in [1.82, 2.24) is 14.5 Å². The van der Waals surface area contributed by atoms with E-state index in [-0.39, 0.29) is 5.54 Å². The Labute approximate surface area is 194 Å². The third-order valence-electron chi connectivity index (χ3n) is 6.54. The Balaban J connectivity index is 1.33. The molecule has 33 heavy (non-hydrogen) atoms. The van der Waals surface area contributed by atoms with Crippen LogP contribution in [0.4, 0.5) is 0 Å². The molecular weight excluding hydrogens is 408 g/mol. The molecule has 0 atom stereocenters. The van der Waals surface area contributed by atoms with Crippen LogP contribution in [0.25, 0.3) is 22.3 Å². The van der Waals surface area contributed by atoms with Gasteiger partial charge in [0.15, 0.2) is 5.65 Å². The van der Waals surface area contributed by atoms with E-state index in [2.05, 4.69) is 72.8 Å². The normalized spacial score (nSPS) is 17.2. The molecule has 6 rings (SSSR count). The van der Waals surface area contributed by atoms with Gasteiger partial charge in [-0.05, 0) is 68.0 Å². The van der Waals surface area contributed by atoms with Gasteiger partial charge < -0.3 is 9.30 Å². The quantitative estimate of drug-likeness (QED) is 0.392. The highest BCUT2D eigenvalue weighted by atomic mass is 16.5. The number of fused-ring (bicyclic) bond motifs is 1. The van der Waals surface area contributed by atoms with Crippen LogP contribution in [0.5, 0.6) is 0 Å². The third kappa shape index (κ3) is 3.71. The van der Waals surface area contributed by atoms with Crippen molar-refractivity contribution in [2.75, 3.05) is 6.61 Å². The number of rotatable bonds is 5. The summed E-state index contributed by atoms with van der Waals surface area (Å²) in [5.41, 5.74) is 7.64. The summed E-state index contributed by atoms with van der Waals surface area (Å²) < 4.78 is 8.25. The highest BCUT2D eigenvalue weighted by Crippen LogP contribution is 2.41. The molecule has 5 heteroatoms. The van der Waals surface area contributed by atoms with Crippen LogP contribution >= 0.6 is 0 Å². The van der Waals surface area contributed by atoms with E-state index in [4.69, 9.17) is 14.7 Å². The number of aliphatic imine (C=N–C) groups is 1. The summed E-state index contributed by atoms with van der Waals surface area (Å²) in [6.45, 7) is 7.71. The summed E-state index contributed by atoms with van der Waals surface area (Å²) in [6.07, 6.45) is 4.34. The van der Waals surface area contributed by atoms with Gasteiger partial charge >= 0.3 is 0 Å². The Morgan fingerprint density at radius 1 is 1.00 bits per heavy atom. The van der Waals surface area contributed by atoms with Crippen molar-refractivity contribution in [2.45, 2.75) is 51.6 Å². The predicted molar refractivity (Wildman–Crippen MR) is 132 cm³/mol. The van der Waals surface area contributed by atoms with Gasteiger partial charge in [-0.15, -0.1) is 0 Å². The SMILES string of the molecule is Cc1ccnc2c1nc(C1CC1)n2Cc1ccc(-c2ccccc2C2=NC(C)(C)CO2)cc1. The summed E-state index contributed by atoms with van der Waals surface area (Å²) in [7, 11) is 0. The average Bonchev–Trinajstić information content (AvgIpc) is 3.50. The van der Waals surface area contributed by atoms with Crippen LogP contribution in [0.1, 0.15) is 55.1 Å². The smallest absolute Gasteiger partial charge is 0.217 e. The van der Waals surface area contributed by atoms with Crippen LogP contribution in [0, 0.1) is 6.92 Å². The van der Waals surface area contributed by atoms with E-state index in [1.54, 1.807) is 0 Å². The van der Waals surface area contributed by atoms with Gasteiger partial charge in [-0.2, -0.15) is 0 Å². The van der Waals surface area contributed by atoms with E-state index in [9.17, 15) is 0 Å². The maximum atomic E-state index is 5.94. The first kappa shape index (κ1) is 20.2. The van der Waals surface area contributed by atoms with Crippen molar-refractivity contribution in [3.8, 4) is 11.1 Å². The zero-order valence-electron chi connectivity index (χ0n) is 19.4. The number of aromatic nitrogens is 3. The van der Waals surface area contributed by atoms with Crippen molar-refractivity contribution < 1.29 is 4.74 Å². The average molecular weight is 437 g/mol. The van der Waals surface area contributed by atoms with Gasteiger partial charge in [0.1, 0.15) is 17.9 Å². The summed E-state index contributed by atoms with van der Waals surface area (Å²) >= 11 is 0. The first-order valence-electron chi connectivity index (χ1n) is 11.7. The zero-order chi connectivity index (χ0) is 22.6. The first-order chi connectivity index (χ1) is 16.0. The van der Waals surface area contributed by atoms with Gasteiger partial charge in [0.05, 0.1) is 12.1 Å². The number of hydrogen-bond donors (Lipinski definition) is 0. The van der Waals surface area contributed by atoms with Gasteiger partial charge in [-0.25, -0.2) is 15.0 Å². The van der Waals surface area contributed by atoms with E-state index in [0.717, 1.165) is 40.3 Å². The number of imidazole rings is 1. The van der Waals surface area contributed by atoms with E-state index >= 15 is 0 Å². The maximum absolute atomic E-state index is 5.94. The van der Waals surface area contributed by atoms with Crippen LogP contribution in [0.2, 0.25) is 0 Å². The van der Waals surface area contributed by atoms with Crippen molar-refractivity contribution in [1.29, 1.82) is 0 Å². The third-order valence-corrected chi connectivity index (χ3v) is 6.54. The molecule has 1 fully saturated rings. The molecule has 0 radical (unpaired) electrons. The molecule has 5 nitrogen and oxygen atoms in total. The summed E-state index contributed by atoms with van der Waals surface area (Å²) in [5.74, 6) is 2.49. The summed E-state index contributed by atoms with van der Waals surface area (Å²) in [5, 5.41) is 0. The Morgan fingerprint density at radius 2 is 1.76 bits per heavy atom. The highest BCUT2D eigenvalue weighted by molar-refractivity contribution is 6.01. The lowest BCUT2D eigenvalue weighted by Crippen LogP contribution is -2.17. The second-order valence-corrected chi connectivity index (χ2v) is 9.89. The number of aryl methyl sites for hydroxylation is 1. The van der Waals surface area contributed by atoms with Crippen molar-refractivity contribution in [3.63, 3.8) is 0 Å². The molecule has 0 N–H and O–H groups in total. The monoisotopic (exact) mass is 436 g/mol. The molecule has 0 spiro atoms. The summed E-state index contributed by atoms with van der Waals surface area (Å²) in [6, 6.07) is 19.2. The van der Waals surface area contributed by atoms with Gasteiger partial charge in [0.2, 0.25) is 5.90 Å². The fourth-order valence-electron chi connectivity index (χ4n) is 4.58.